The van der Waals surface area contributed by atoms with E-state index in [1.54, 1.807) is 6.07 Å². The van der Waals surface area contributed by atoms with Gasteiger partial charge in [-0.05, 0) is 37.7 Å². The van der Waals surface area contributed by atoms with Gasteiger partial charge >= 0.3 is 0 Å². The van der Waals surface area contributed by atoms with Gasteiger partial charge in [0.25, 0.3) is 0 Å². The first-order chi connectivity index (χ1) is 9.72. The second-order valence-corrected chi connectivity index (χ2v) is 5.07. The summed E-state index contributed by atoms with van der Waals surface area (Å²) in [5.74, 6) is -0.105. The summed E-state index contributed by atoms with van der Waals surface area (Å²) in [5.41, 5.74) is 0.860. The Balaban J connectivity index is 2.07. The van der Waals surface area contributed by atoms with Crippen molar-refractivity contribution in [3.63, 3.8) is 0 Å². The van der Waals surface area contributed by atoms with E-state index in [1.807, 2.05) is 18.0 Å². The summed E-state index contributed by atoms with van der Waals surface area (Å²) in [7, 11) is 1.88. The molecule has 0 radical (unpaired) electrons. The van der Waals surface area contributed by atoms with Crippen molar-refractivity contribution in [1.82, 2.24) is 15.5 Å². The molecular weight excluding hydrogens is 257 g/mol. The van der Waals surface area contributed by atoms with Crippen LogP contribution in [0.1, 0.15) is 24.4 Å². The maximum atomic E-state index is 13.4. The minimum absolute atomic E-state index is 0.0680. The molecule has 4 nitrogen and oxygen atoms in total. The molecule has 2 N–H and O–H groups in total. The third kappa shape index (κ3) is 3.77. The van der Waals surface area contributed by atoms with E-state index in [0.717, 1.165) is 25.1 Å². The summed E-state index contributed by atoms with van der Waals surface area (Å²) in [6.45, 7) is 2.99. The Bertz CT molecular complexity index is 452. The van der Waals surface area contributed by atoms with Crippen molar-refractivity contribution in [3.8, 4) is 0 Å². The Morgan fingerprint density at radius 3 is 3.15 bits per heavy atom. The first kappa shape index (κ1) is 14.9. The number of amides is 1. The summed E-state index contributed by atoms with van der Waals surface area (Å²) in [4.78, 5) is 14.2. The summed E-state index contributed by atoms with van der Waals surface area (Å²) in [6.07, 6.45) is 1.36. The summed E-state index contributed by atoms with van der Waals surface area (Å²) >= 11 is 0. The standard InChI is InChI=1S/C15H22FN3O/c1-17-7-3-6-15(20)19-9-8-18-11-14(19)12-4-2-5-13(16)10-12/h2,4-5,10,14,17-18H,3,6-9,11H2,1H3. The predicted molar refractivity (Wildman–Crippen MR) is 76.9 cm³/mol. The van der Waals surface area contributed by atoms with Crippen LogP contribution in [0.4, 0.5) is 4.39 Å². The second-order valence-electron chi connectivity index (χ2n) is 5.07. The van der Waals surface area contributed by atoms with Gasteiger partial charge in [0.2, 0.25) is 5.91 Å². The Morgan fingerprint density at radius 2 is 2.40 bits per heavy atom. The minimum atomic E-state index is -0.254. The van der Waals surface area contributed by atoms with Gasteiger partial charge in [-0.2, -0.15) is 0 Å². The highest BCUT2D eigenvalue weighted by Gasteiger charge is 2.27. The third-order valence-corrected chi connectivity index (χ3v) is 3.61. The molecule has 1 heterocycles. The normalized spacial score (nSPS) is 19.1. The molecule has 1 amide bonds. The lowest BCUT2D eigenvalue weighted by atomic mass is 10.0. The zero-order valence-electron chi connectivity index (χ0n) is 11.9. The van der Waals surface area contributed by atoms with Crippen molar-refractivity contribution < 1.29 is 9.18 Å². The van der Waals surface area contributed by atoms with Gasteiger partial charge in [0, 0.05) is 26.1 Å². The molecule has 0 bridgehead atoms. The zero-order chi connectivity index (χ0) is 14.4. The van der Waals surface area contributed by atoms with E-state index < -0.39 is 0 Å². The van der Waals surface area contributed by atoms with Gasteiger partial charge in [0.05, 0.1) is 6.04 Å². The van der Waals surface area contributed by atoms with E-state index in [2.05, 4.69) is 10.6 Å². The molecule has 0 aromatic heterocycles. The van der Waals surface area contributed by atoms with E-state index in [4.69, 9.17) is 0 Å². The van der Waals surface area contributed by atoms with Crippen LogP contribution >= 0.6 is 0 Å². The fourth-order valence-corrected chi connectivity index (χ4v) is 2.57. The molecule has 1 fully saturated rings. The molecule has 0 spiro atoms. The average Bonchev–Trinajstić information content (AvgIpc) is 2.47. The highest BCUT2D eigenvalue weighted by Crippen LogP contribution is 2.23. The van der Waals surface area contributed by atoms with Crippen LogP contribution in [-0.2, 0) is 4.79 Å². The van der Waals surface area contributed by atoms with Gasteiger partial charge in [-0.3, -0.25) is 4.79 Å². The lowest BCUT2D eigenvalue weighted by molar-refractivity contribution is -0.134. The monoisotopic (exact) mass is 279 g/mol. The maximum absolute atomic E-state index is 13.4. The maximum Gasteiger partial charge on any atom is 0.223 e. The Kier molecular flexibility index (Phi) is 5.49. The van der Waals surface area contributed by atoms with E-state index >= 15 is 0 Å². The van der Waals surface area contributed by atoms with Crippen LogP contribution in [0, 0.1) is 5.82 Å². The third-order valence-electron chi connectivity index (χ3n) is 3.61. The number of halogens is 1. The van der Waals surface area contributed by atoms with Gasteiger partial charge in [0.15, 0.2) is 0 Å². The fourth-order valence-electron chi connectivity index (χ4n) is 2.57. The number of benzene rings is 1. The van der Waals surface area contributed by atoms with Gasteiger partial charge in [-0.25, -0.2) is 4.39 Å². The van der Waals surface area contributed by atoms with Crippen molar-refractivity contribution in [3.05, 3.63) is 35.6 Å². The van der Waals surface area contributed by atoms with E-state index in [0.29, 0.717) is 19.5 Å². The Morgan fingerprint density at radius 1 is 1.55 bits per heavy atom. The van der Waals surface area contributed by atoms with Crippen LogP contribution in [0.3, 0.4) is 0 Å². The van der Waals surface area contributed by atoms with E-state index in [-0.39, 0.29) is 17.8 Å². The molecule has 0 aliphatic carbocycles. The van der Waals surface area contributed by atoms with Crippen LogP contribution in [0.5, 0.6) is 0 Å². The quantitative estimate of drug-likeness (QED) is 0.799. The minimum Gasteiger partial charge on any atom is -0.333 e. The van der Waals surface area contributed by atoms with Crippen molar-refractivity contribution in [1.29, 1.82) is 0 Å². The highest BCUT2D eigenvalue weighted by atomic mass is 19.1. The molecule has 1 aliphatic rings. The van der Waals surface area contributed by atoms with Crippen molar-refractivity contribution in [2.45, 2.75) is 18.9 Å². The topological polar surface area (TPSA) is 44.4 Å². The van der Waals surface area contributed by atoms with Crippen molar-refractivity contribution in [2.24, 2.45) is 0 Å². The summed E-state index contributed by atoms with van der Waals surface area (Å²) in [5, 5.41) is 6.32. The lowest BCUT2D eigenvalue weighted by Gasteiger charge is -2.36. The van der Waals surface area contributed by atoms with Crippen molar-refractivity contribution in [2.75, 3.05) is 33.2 Å². The molecule has 5 heteroatoms. The van der Waals surface area contributed by atoms with Crippen LogP contribution < -0.4 is 10.6 Å². The number of carbonyl (C=O) groups is 1. The molecule has 1 aromatic rings. The van der Waals surface area contributed by atoms with Crippen molar-refractivity contribution >= 4 is 5.91 Å². The molecule has 2 rings (SSSR count). The van der Waals surface area contributed by atoms with Crippen LogP contribution in [-0.4, -0.2) is 44.0 Å². The lowest BCUT2D eigenvalue weighted by Crippen LogP contribution is -2.48. The largest absolute Gasteiger partial charge is 0.333 e. The van der Waals surface area contributed by atoms with Gasteiger partial charge < -0.3 is 15.5 Å². The summed E-state index contributed by atoms with van der Waals surface area (Å²) < 4.78 is 13.4. The number of hydrogen-bond donors (Lipinski definition) is 2. The molecule has 1 saturated heterocycles. The van der Waals surface area contributed by atoms with E-state index in [1.165, 1.54) is 12.1 Å². The molecule has 1 unspecified atom stereocenters. The molecule has 1 aliphatic heterocycles. The van der Waals surface area contributed by atoms with Crippen LogP contribution in [0.2, 0.25) is 0 Å². The number of nitrogens with one attached hydrogen (secondary N) is 2. The molecule has 1 atom stereocenters. The molecule has 20 heavy (non-hydrogen) atoms. The van der Waals surface area contributed by atoms with Crippen LogP contribution in [0.25, 0.3) is 0 Å². The van der Waals surface area contributed by atoms with Crippen LogP contribution in [0.15, 0.2) is 24.3 Å². The number of carbonyl (C=O) groups excluding carboxylic acids is 1. The Hall–Kier alpha value is -1.46. The molecular formula is C15H22FN3O. The predicted octanol–water partition coefficient (Wildman–Crippen LogP) is 1.30. The van der Waals surface area contributed by atoms with E-state index in [9.17, 15) is 9.18 Å². The zero-order valence-corrected chi connectivity index (χ0v) is 11.9. The molecule has 110 valence electrons. The molecule has 1 aromatic carbocycles. The summed E-state index contributed by atoms with van der Waals surface area (Å²) in [6, 6.07) is 6.46. The van der Waals surface area contributed by atoms with Gasteiger partial charge in [-0.15, -0.1) is 0 Å². The number of rotatable bonds is 5. The SMILES string of the molecule is CNCCCC(=O)N1CCNCC1c1cccc(F)c1. The van der Waals surface area contributed by atoms with Gasteiger partial charge in [-0.1, -0.05) is 12.1 Å². The highest BCUT2D eigenvalue weighted by molar-refractivity contribution is 5.77. The smallest absolute Gasteiger partial charge is 0.223 e. The fraction of sp³-hybridized carbons (Fsp3) is 0.533. The number of piperazine rings is 1. The first-order valence-corrected chi connectivity index (χ1v) is 7.12. The molecule has 0 saturated carbocycles. The average molecular weight is 279 g/mol. The number of nitrogens with zero attached hydrogens (tertiary/aromatic N) is 1. The Labute approximate surface area is 119 Å². The van der Waals surface area contributed by atoms with Gasteiger partial charge in [0.1, 0.15) is 5.82 Å². The second kappa shape index (κ2) is 7.36. The number of hydrogen-bond acceptors (Lipinski definition) is 3. The first-order valence-electron chi connectivity index (χ1n) is 7.12.